The van der Waals surface area contributed by atoms with Crippen LogP contribution < -0.4 is 4.74 Å². The fourth-order valence-corrected chi connectivity index (χ4v) is 2.81. The van der Waals surface area contributed by atoms with Crippen LogP contribution in [0.1, 0.15) is 37.3 Å². The lowest BCUT2D eigenvalue weighted by Gasteiger charge is -2.17. The highest BCUT2D eigenvalue weighted by Gasteiger charge is 2.10. The van der Waals surface area contributed by atoms with Crippen molar-refractivity contribution in [1.82, 2.24) is 0 Å². The van der Waals surface area contributed by atoms with Gasteiger partial charge in [0.1, 0.15) is 5.75 Å². The lowest BCUT2D eigenvalue weighted by Crippen LogP contribution is -2.08. The molecule has 0 heterocycles. The van der Waals surface area contributed by atoms with Crippen LogP contribution in [-0.2, 0) is 12.8 Å². The molecule has 0 aromatic heterocycles. The summed E-state index contributed by atoms with van der Waals surface area (Å²) in [6.07, 6.45) is 6.21. The maximum Gasteiger partial charge on any atom is 0.118 e. The molecular formula is C20H26O. The summed E-state index contributed by atoms with van der Waals surface area (Å²) in [5, 5.41) is 0. The van der Waals surface area contributed by atoms with E-state index in [1.165, 1.54) is 36.8 Å². The van der Waals surface area contributed by atoms with E-state index in [4.69, 9.17) is 4.74 Å². The normalized spacial score (nSPS) is 12.1. The van der Waals surface area contributed by atoms with Crippen LogP contribution in [0.4, 0.5) is 0 Å². The standard InChI is InChI=1S/C20H26O/c1-3-4-8-19(15-17-9-6-5-7-10-17)16-18-11-13-20(21-2)14-12-18/h5-7,9-14,19H,3-4,8,15-16H2,1-2H3. The molecule has 0 N–H and O–H groups in total. The van der Waals surface area contributed by atoms with Crippen LogP contribution in [0.5, 0.6) is 5.75 Å². The minimum atomic E-state index is 0.723. The van der Waals surface area contributed by atoms with Crippen molar-refractivity contribution in [3.8, 4) is 5.75 Å². The molecule has 2 aromatic rings. The van der Waals surface area contributed by atoms with E-state index in [0.29, 0.717) is 0 Å². The number of ether oxygens (including phenoxy) is 1. The molecule has 0 saturated heterocycles. The van der Waals surface area contributed by atoms with E-state index in [1.807, 2.05) is 0 Å². The largest absolute Gasteiger partial charge is 0.497 e. The van der Waals surface area contributed by atoms with E-state index < -0.39 is 0 Å². The SMILES string of the molecule is CCCCC(Cc1ccccc1)Cc1ccc(OC)cc1. The van der Waals surface area contributed by atoms with Crippen molar-refractivity contribution in [2.45, 2.75) is 39.0 Å². The van der Waals surface area contributed by atoms with Gasteiger partial charge in [-0.3, -0.25) is 0 Å². The highest BCUT2D eigenvalue weighted by atomic mass is 16.5. The van der Waals surface area contributed by atoms with Gasteiger partial charge in [-0.05, 0) is 48.4 Å². The molecule has 1 unspecified atom stereocenters. The summed E-state index contributed by atoms with van der Waals surface area (Å²) in [6, 6.07) is 19.4. The summed E-state index contributed by atoms with van der Waals surface area (Å²) in [5.74, 6) is 1.66. The minimum Gasteiger partial charge on any atom is -0.497 e. The Morgan fingerprint density at radius 1 is 0.857 bits per heavy atom. The third kappa shape index (κ3) is 5.26. The van der Waals surface area contributed by atoms with Gasteiger partial charge in [0.05, 0.1) is 7.11 Å². The molecule has 0 fully saturated rings. The van der Waals surface area contributed by atoms with Gasteiger partial charge in [-0.1, -0.05) is 62.2 Å². The first-order chi connectivity index (χ1) is 10.3. The van der Waals surface area contributed by atoms with Crippen LogP contribution in [0.2, 0.25) is 0 Å². The van der Waals surface area contributed by atoms with Crippen molar-refractivity contribution in [2.75, 3.05) is 7.11 Å². The number of rotatable bonds is 8. The fraction of sp³-hybridized carbons (Fsp3) is 0.400. The van der Waals surface area contributed by atoms with Crippen molar-refractivity contribution in [3.05, 3.63) is 65.7 Å². The van der Waals surface area contributed by atoms with E-state index in [2.05, 4.69) is 61.5 Å². The Morgan fingerprint density at radius 2 is 1.48 bits per heavy atom. The molecule has 1 nitrogen and oxygen atoms in total. The zero-order valence-electron chi connectivity index (χ0n) is 13.2. The Kier molecular flexibility index (Phi) is 6.33. The van der Waals surface area contributed by atoms with E-state index in [0.717, 1.165) is 18.1 Å². The summed E-state index contributed by atoms with van der Waals surface area (Å²) >= 11 is 0. The van der Waals surface area contributed by atoms with Crippen molar-refractivity contribution < 1.29 is 4.74 Å². The van der Waals surface area contributed by atoms with Crippen LogP contribution in [0.3, 0.4) is 0 Å². The maximum absolute atomic E-state index is 5.23. The predicted octanol–water partition coefficient (Wildman–Crippen LogP) is 5.29. The Morgan fingerprint density at radius 3 is 2.05 bits per heavy atom. The van der Waals surface area contributed by atoms with Crippen molar-refractivity contribution in [1.29, 1.82) is 0 Å². The molecule has 0 saturated carbocycles. The highest BCUT2D eigenvalue weighted by Crippen LogP contribution is 2.21. The Bertz CT molecular complexity index is 501. The van der Waals surface area contributed by atoms with Gasteiger partial charge < -0.3 is 4.74 Å². The molecule has 2 rings (SSSR count). The van der Waals surface area contributed by atoms with Crippen LogP contribution in [-0.4, -0.2) is 7.11 Å². The van der Waals surface area contributed by atoms with E-state index in [-0.39, 0.29) is 0 Å². The molecule has 2 aromatic carbocycles. The number of benzene rings is 2. The van der Waals surface area contributed by atoms with Crippen molar-refractivity contribution in [3.63, 3.8) is 0 Å². The lowest BCUT2D eigenvalue weighted by molar-refractivity contribution is 0.414. The zero-order chi connectivity index (χ0) is 14.9. The maximum atomic E-state index is 5.23. The van der Waals surface area contributed by atoms with Gasteiger partial charge in [-0.25, -0.2) is 0 Å². The molecule has 0 aliphatic rings. The number of methoxy groups -OCH3 is 1. The molecule has 0 aliphatic heterocycles. The van der Waals surface area contributed by atoms with Gasteiger partial charge in [-0.2, -0.15) is 0 Å². The minimum absolute atomic E-state index is 0.723. The number of hydrogen-bond donors (Lipinski definition) is 0. The molecule has 0 radical (unpaired) electrons. The number of hydrogen-bond acceptors (Lipinski definition) is 1. The summed E-state index contributed by atoms with van der Waals surface area (Å²) < 4.78 is 5.23. The monoisotopic (exact) mass is 282 g/mol. The van der Waals surface area contributed by atoms with Gasteiger partial charge in [0.15, 0.2) is 0 Å². The second-order valence-electron chi connectivity index (χ2n) is 5.75. The fourth-order valence-electron chi connectivity index (χ4n) is 2.81. The van der Waals surface area contributed by atoms with Crippen molar-refractivity contribution in [2.24, 2.45) is 5.92 Å². The average molecular weight is 282 g/mol. The molecule has 1 heteroatoms. The van der Waals surface area contributed by atoms with E-state index >= 15 is 0 Å². The van der Waals surface area contributed by atoms with Crippen LogP contribution in [0.15, 0.2) is 54.6 Å². The Labute approximate surface area is 129 Å². The Hall–Kier alpha value is -1.76. The van der Waals surface area contributed by atoms with Gasteiger partial charge in [0.2, 0.25) is 0 Å². The zero-order valence-corrected chi connectivity index (χ0v) is 13.2. The first-order valence-electron chi connectivity index (χ1n) is 7.98. The summed E-state index contributed by atoms with van der Waals surface area (Å²) in [5.41, 5.74) is 2.86. The molecule has 0 bridgehead atoms. The van der Waals surface area contributed by atoms with Gasteiger partial charge in [0.25, 0.3) is 0 Å². The highest BCUT2D eigenvalue weighted by molar-refractivity contribution is 5.27. The average Bonchev–Trinajstić information content (AvgIpc) is 2.54. The molecule has 0 spiro atoms. The molecule has 0 amide bonds. The molecule has 21 heavy (non-hydrogen) atoms. The first-order valence-corrected chi connectivity index (χ1v) is 7.98. The second-order valence-corrected chi connectivity index (χ2v) is 5.75. The lowest BCUT2D eigenvalue weighted by atomic mass is 9.88. The molecule has 1 atom stereocenters. The van der Waals surface area contributed by atoms with Gasteiger partial charge in [0, 0.05) is 0 Å². The van der Waals surface area contributed by atoms with Crippen LogP contribution >= 0.6 is 0 Å². The van der Waals surface area contributed by atoms with Crippen molar-refractivity contribution >= 4 is 0 Å². The third-order valence-electron chi connectivity index (χ3n) is 4.02. The van der Waals surface area contributed by atoms with Gasteiger partial charge >= 0.3 is 0 Å². The summed E-state index contributed by atoms with van der Waals surface area (Å²) in [6.45, 7) is 2.27. The number of unbranched alkanes of at least 4 members (excludes halogenated alkanes) is 1. The topological polar surface area (TPSA) is 9.23 Å². The van der Waals surface area contributed by atoms with Crippen LogP contribution in [0, 0.1) is 5.92 Å². The second kappa shape index (κ2) is 8.51. The summed E-state index contributed by atoms with van der Waals surface area (Å²) in [7, 11) is 1.72. The van der Waals surface area contributed by atoms with E-state index in [1.54, 1.807) is 7.11 Å². The van der Waals surface area contributed by atoms with Gasteiger partial charge in [-0.15, -0.1) is 0 Å². The molecule has 112 valence electrons. The predicted molar refractivity (Wildman–Crippen MR) is 89.9 cm³/mol. The smallest absolute Gasteiger partial charge is 0.118 e. The molecular weight excluding hydrogens is 256 g/mol. The van der Waals surface area contributed by atoms with E-state index in [9.17, 15) is 0 Å². The summed E-state index contributed by atoms with van der Waals surface area (Å²) in [4.78, 5) is 0. The quantitative estimate of drug-likeness (QED) is 0.639. The van der Waals surface area contributed by atoms with Crippen LogP contribution in [0.25, 0.3) is 0 Å². The third-order valence-corrected chi connectivity index (χ3v) is 4.02. The first kappa shape index (κ1) is 15.6. The Balaban J connectivity index is 2.00. The molecule has 0 aliphatic carbocycles.